The zero-order valence-corrected chi connectivity index (χ0v) is 9.64. The molecule has 2 N–H and O–H groups in total. The van der Waals surface area contributed by atoms with Crippen molar-refractivity contribution in [3.63, 3.8) is 0 Å². The van der Waals surface area contributed by atoms with Crippen molar-refractivity contribution < 1.29 is 19.4 Å². The highest BCUT2D eigenvalue weighted by molar-refractivity contribution is 5.81. The van der Waals surface area contributed by atoms with Crippen LogP contribution in [0.4, 0.5) is 4.79 Å². The number of nitrogens with zero attached hydrogens (tertiary/aromatic N) is 1. The van der Waals surface area contributed by atoms with E-state index in [9.17, 15) is 9.90 Å². The minimum absolute atomic E-state index is 0.0444. The number of phenolic OH excluding ortho intramolecular Hbond substituents is 1. The second-order valence-electron chi connectivity index (χ2n) is 3.02. The summed E-state index contributed by atoms with van der Waals surface area (Å²) in [4.78, 5) is 10.9. The third kappa shape index (κ3) is 4.02. The van der Waals surface area contributed by atoms with Crippen molar-refractivity contribution in [1.82, 2.24) is 5.43 Å². The third-order valence-electron chi connectivity index (χ3n) is 1.85. The van der Waals surface area contributed by atoms with Crippen LogP contribution in [0, 0.1) is 0 Å². The minimum atomic E-state index is -0.616. The van der Waals surface area contributed by atoms with Gasteiger partial charge in [0.25, 0.3) is 0 Å². The maximum absolute atomic E-state index is 10.9. The smallest absolute Gasteiger partial charge is 0.427 e. The monoisotopic (exact) mass is 238 g/mol. The molecule has 0 radical (unpaired) electrons. The molecule has 0 unspecified atom stereocenters. The van der Waals surface area contributed by atoms with Gasteiger partial charge in [0.2, 0.25) is 0 Å². The molecule has 92 valence electrons. The molecule has 17 heavy (non-hydrogen) atoms. The summed E-state index contributed by atoms with van der Waals surface area (Å²) in [5.41, 5.74) is 2.87. The van der Waals surface area contributed by atoms with Crippen molar-refractivity contribution in [3.8, 4) is 11.5 Å². The Morgan fingerprint density at radius 1 is 1.59 bits per heavy atom. The lowest BCUT2D eigenvalue weighted by molar-refractivity contribution is 0.152. The fourth-order valence-corrected chi connectivity index (χ4v) is 1.10. The Balaban J connectivity index is 2.62. The zero-order valence-electron chi connectivity index (χ0n) is 9.64. The Morgan fingerprint density at radius 2 is 2.35 bits per heavy atom. The quantitative estimate of drug-likeness (QED) is 0.615. The number of hydrogen-bond donors (Lipinski definition) is 2. The van der Waals surface area contributed by atoms with E-state index in [0.717, 1.165) is 0 Å². The molecule has 1 rings (SSSR count). The summed E-state index contributed by atoms with van der Waals surface area (Å²) < 4.78 is 9.54. The van der Waals surface area contributed by atoms with Gasteiger partial charge in [-0.3, -0.25) is 0 Å². The highest BCUT2D eigenvalue weighted by Gasteiger charge is 2.01. The molecule has 1 aromatic carbocycles. The van der Waals surface area contributed by atoms with Crippen LogP contribution in [0.3, 0.4) is 0 Å². The molecule has 0 spiro atoms. The lowest BCUT2D eigenvalue weighted by Gasteiger charge is -2.03. The van der Waals surface area contributed by atoms with Crippen LogP contribution in [-0.2, 0) is 4.74 Å². The van der Waals surface area contributed by atoms with Crippen LogP contribution in [0.5, 0.6) is 11.5 Å². The van der Waals surface area contributed by atoms with Crippen LogP contribution in [0.2, 0.25) is 0 Å². The van der Waals surface area contributed by atoms with Gasteiger partial charge in [0.1, 0.15) is 0 Å². The number of methoxy groups -OCH3 is 1. The number of aromatic hydroxyl groups is 1. The van der Waals surface area contributed by atoms with Crippen molar-refractivity contribution in [2.75, 3.05) is 13.7 Å². The standard InChI is InChI=1S/C11H14N2O4/c1-3-17-11(15)13-12-7-8-4-5-9(14)10(6-8)16-2/h4-7,14H,3H2,1-2H3,(H,13,15). The normalized spacial score (nSPS) is 10.2. The number of ether oxygens (including phenoxy) is 2. The molecule has 0 aliphatic heterocycles. The highest BCUT2D eigenvalue weighted by atomic mass is 16.5. The van der Waals surface area contributed by atoms with Gasteiger partial charge < -0.3 is 14.6 Å². The van der Waals surface area contributed by atoms with E-state index in [1.54, 1.807) is 19.1 Å². The summed E-state index contributed by atoms with van der Waals surface area (Å²) in [7, 11) is 1.45. The molecule has 6 nitrogen and oxygen atoms in total. The molecular weight excluding hydrogens is 224 g/mol. The average Bonchev–Trinajstić information content (AvgIpc) is 2.31. The Hall–Kier alpha value is -2.24. The second-order valence-corrected chi connectivity index (χ2v) is 3.02. The second kappa shape index (κ2) is 6.37. The Kier molecular flexibility index (Phi) is 4.80. The van der Waals surface area contributed by atoms with E-state index in [-0.39, 0.29) is 12.4 Å². The molecule has 6 heteroatoms. The van der Waals surface area contributed by atoms with E-state index in [1.165, 1.54) is 19.4 Å². The van der Waals surface area contributed by atoms with Crippen LogP contribution in [0.1, 0.15) is 12.5 Å². The summed E-state index contributed by atoms with van der Waals surface area (Å²) in [6.07, 6.45) is 0.799. The number of phenols is 1. The predicted octanol–water partition coefficient (Wildman–Crippen LogP) is 1.48. The number of amides is 1. The van der Waals surface area contributed by atoms with Crippen molar-refractivity contribution >= 4 is 12.3 Å². The van der Waals surface area contributed by atoms with Gasteiger partial charge in [-0.15, -0.1) is 0 Å². The van der Waals surface area contributed by atoms with Crippen molar-refractivity contribution in [3.05, 3.63) is 23.8 Å². The first kappa shape index (κ1) is 12.8. The largest absolute Gasteiger partial charge is 0.504 e. The summed E-state index contributed by atoms with van der Waals surface area (Å²) in [5.74, 6) is 0.382. The number of hydrogen-bond acceptors (Lipinski definition) is 5. The van der Waals surface area contributed by atoms with Gasteiger partial charge in [0.15, 0.2) is 11.5 Å². The molecule has 0 saturated carbocycles. The molecule has 0 heterocycles. The van der Waals surface area contributed by atoms with Gasteiger partial charge in [0.05, 0.1) is 19.9 Å². The predicted molar refractivity (Wildman–Crippen MR) is 62.4 cm³/mol. The van der Waals surface area contributed by atoms with E-state index in [1.807, 2.05) is 0 Å². The number of carbonyl (C=O) groups excluding carboxylic acids is 1. The summed E-state index contributed by atoms with van der Waals surface area (Å²) in [5, 5.41) is 13.0. The third-order valence-corrected chi connectivity index (χ3v) is 1.85. The number of carbonyl (C=O) groups is 1. The van der Waals surface area contributed by atoms with E-state index in [2.05, 4.69) is 15.3 Å². The molecule has 0 bridgehead atoms. The molecule has 0 aromatic heterocycles. The maximum Gasteiger partial charge on any atom is 0.427 e. The minimum Gasteiger partial charge on any atom is -0.504 e. The van der Waals surface area contributed by atoms with Crippen LogP contribution >= 0.6 is 0 Å². The zero-order chi connectivity index (χ0) is 12.7. The van der Waals surface area contributed by atoms with Crippen molar-refractivity contribution in [2.45, 2.75) is 6.92 Å². The molecule has 0 saturated heterocycles. The van der Waals surface area contributed by atoms with Gasteiger partial charge in [-0.05, 0) is 30.7 Å². The molecule has 0 atom stereocenters. The van der Waals surface area contributed by atoms with Crippen LogP contribution in [-0.4, -0.2) is 31.1 Å². The first-order chi connectivity index (χ1) is 8.17. The lowest BCUT2D eigenvalue weighted by Crippen LogP contribution is -2.18. The number of nitrogens with one attached hydrogen (secondary N) is 1. The van der Waals surface area contributed by atoms with E-state index in [4.69, 9.17) is 4.74 Å². The van der Waals surface area contributed by atoms with E-state index >= 15 is 0 Å². The topological polar surface area (TPSA) is 80.2 Å². The molecule has 0 aliphatic rings. The average molecular weight is 238 g/mol. The molecule has 0 aliphatic carbocycles. The first-order valence-electron chi connectivity index (χ1n) is 5.00. The number of hydrazone groups is 1. The lowest BCUT2D eigenvalue weighted by atomic mass is 10.2. The van der Waals surface area contributed by atoms with Gasteiger partial charge in [-0.1, -0.05) is 0 Å². The maximum atomic E-state index is 10.9. The molecule has 0 fully saturated rings. The Labute approximate surface area is 98.9 Å². The van der Waals surface area contributed by atoms with Gasteiger partial charge >= 0.3 is 6.09 Å². The number of rotatable bonds is 4. The fourth-order valence-electron chi connectivity index (χ4n) is 1.10. The molecule has 1 amide bonds. The Morgan fingerprint density at radius 3 is 3.00 bits per heavy atom. The highest BCUT2D eigenvalue weighted by Crippen LogP contribution is 2.25. The van der Waals surface area contributed by atoms with Gasteiger partial charge in [0, 0.05) is 0 Å². The molecular formula is C11H14N2O4. The van der Waals surface area contributed by atoms with Gasteiger partial charge in [-0.25, -0.2) is 10.2 Å². The van der Waals surface area contributed by atoms with E-state index in [0.29, 0.717) is 11.3 Å². The summed E-state index contributed by atoms with van der Waals surface area (Å²) >= 11 is 0. The summed E-state index contributed by atoms with van der Waals surface area (Å²) in [6.45, 7) is 1.99. The van der Waals surface area contributed by atoms with Crippen molar-refractivity contribution in [1.29, 1.82) is 0 Å². The van der Waals surface area contributed by atoms with Gasteiger partial charge in [-0.2, -0.15) is 5.10 Å². The first-order valence-corrected chi connectivity index (χ1v) is 5.00. The van der Waals surface area contributed by atoms with Crippen molar-refractivity contribution in [2.24, 2.45) is 5.10 Å². The number of benzene rings is 1. The Bertz CT molecular complexity index is 418. The van der Waals surface area contributed by atoms with Crippen LogP contribution in [0.25, 0.3) is 0 Å². The van der Waals surface area contributed by atoms with Crippen LogP contribution in [0.15, 0.2) is 23.3 Å². The fraction of sp³-hybridized carbons (Fsp3) is 0.273. The van der Waals surface area contributed by atoms with E-state index < -0.39 is 6.09 Å². The summed E-state index contributed by atoms with van der Waals surface area (Å²) in [6, 6.07) is 4.70. The SMILES string of the molecule is CCOC(=O)NN=Cc1ccc(O)c(OC)c1. The molecule has 1 aromatic rings. The van der Waals surface area contributed by atoms with Crippen LogP contribution < -0.4 is 10.2 Å².